The van der Waals surface area contributed by atoms with Gasteiger partial charge in [0.05, 0.1) is 6.04 Å². The quantitative estimate of drug-likeness (QED) is 0.487. The summed E-state index contributed by atoms with van der Waals surface area (Å²) in [5, 5.41) is 3.19. The number of carbonyl (C=O) groups is 2. The lowest BCUT2D eigenvalue weighted by molar-refractivity contribution is -0.136. The zero-order valence-corrected chi connectivity index (χ0v) is 22.9. The van der Waals surface area contributed by atoms with Gasteiger partial charge >= 0.3 is 6.09 Å². The van der Waals surface area contributed by atoms with Crippen molar-refractivity contribution in [2.45, 2.75) is 70.9 Å². The number of fused-ring (bicyclic) bond motifs is 5. The lowest BCUT2D eigenvalue weighted by Crippen LogP contribution is -2.54. The molecule has 1 saturated heterocycles. The molecule has 2 aromatic rings. The molecular formula is C33H40N2O3. The largest absolute Gasteiger partial charge is 0.446 e. The zero-order valence-electron chi connectivity index (χ0n) is 22.9. The Morgan fingerprint density at radius 2 is 1.61 bits per heavy atom. The number of hydrogen-bond donors (Lipinski definition) is 1. The second-order valence-electron chi connectivity index (χ2n) is 12.5. The van der Waals surface area contributed by atoms with Crippen molar-refractivity contribution in [3.63, 3.8) is 0 Å². The van der Waals surface area contributed by atoms with E-state index in [0.29, 0.717) is 24.2 Å². The van der Waals surface area contributed by atoms with Crippen LogP contribution in [0.5, 0.6) is 0 Å². The Labute approximate surface area is 226 Å². The van der Waals surface area contributed by atoms with Crippen LogP contribution in [-0.2, 0) is 9.53 Å². The van der Waals surface area contributed by atoms with Crippen LogP contribution < -0.4 is 5.32 Å². The number of benzene rings is 2. The third-order valence-corrected chi connectivity index (χ3v) is 10.7. The molecule has 2 saturated carbocycles. The molecule has 3 fully saturated rings. The first kappa shape index (κ1) is 25.2. The molecule has 38 heavy (non-hydrogen) atoms. The third kappa shape index (κ3) is 4.06. The highest BCUT2D eigenvalue weighted by molar-refractivity contribution is 5.79. The zero-order chi connectivity index (χ0) is 26.5. The molecule has 6 atom stereocenters. The third-order valence-electron chi connectivity index (χ3n) is 10.7. The van der Waals surface area contributed by atoms with Crippen molar-refractivity contribution < 1.29 is 14.3 Å². The predicted molar refractivity (Wildman–Crippen MR) is 148 cm³/mol. The first-order valence-electron chi connectivity index (χ1n) is 14.4. The molecule has 0 aromatic heterocycles. The fourth-order valence-electron chi connectivity index (χ4n) is 8.66. The number of piperidine rings is 1. The summed E-state index contributed by atoms with van der Waals surface area (Å²) in [6, 6.07) is 19.9. The maximum absolute atomic E-state index is 13.4. The van der Waals surface area contributed by atoms with Crippen LogP contribution in [0.4, 0.5) is 4.79 Å². The van der Waals surface area contributed by atoms with Gasteiger partial charge in [0.1, 0.15) is 6.10 Å². The molecule has 3 aliphatic carbocycles. The maximum atomic E-state index is 13.4. The van der Waals surface area contributed by atoms with Crippen molar-refractivity contribution in [3.05, 3.63) is 83.6 Å². The molecule has 2 amide bonds. The van der Waals surface area contributed by atoms with E-state index < -0.39 is 0 Å². The second kappa shape index (κ2) is 9.59. The minimum absolute atomic E-state index is 0.00834. The van der Waals surface area contributed by atoms with E-state index >= 15 is 0 Å². The second-order valence-corrected chi connectivity index (χ2v) is 12.5. The molecule has 1 N–H and O–H groups in total. The van der Waals surface area contributed by atoms with Crippen LogP contribution in [0.15, 0.2) is 72.4 Å². The van der Waals surface area contributed by atoms with Crippen molar-refractivity contribution in [2.24, 2.45) is 28.6 Å². The predicted octanol–water partition coefficient (Wildman–Crippen LogP) is 6.86. The van der Waals surface area contributed by atoms with Crippen LogP contribution in [0, 0.1) is 28.6 Å². The van der Waals surface area contributed by atoms with E-state index in [1.165, 1.54) is 5.70 Å². The minimum atomic E-state index is -0.332. The maximum Gasteiger partial charge on any atom is 0.408 e. The SMILES string of the molecule is CN1C(=O)CC[C@@]2(C)C1=CC[C@H]1[C@@H]3CC[C@H](OC(=O)NC(c4ccccc4)c4ccccc4)[C@@]3(C)CC[C@@H]12. The number of nitrogens with zero attached hydrogens (tertiary/aromatic N) is 1. The van der Waals surface area contributed by atoms with Crippen LogP contribution in [-0.4, -0.2) is 30.1 Å². The van der Waals surface area contributed by atoms with E-state index in [1.54, 1.807) is 0 Å². The summed E-state index contributed by atoms with van der Waals surface area (Å²) in [4.78, 5) is 27.7. The van der Waals surface area contributed by atoms with E-state index in [-0.39, 0.29) is 35.0 Å². The Hall–Kier alpha value is -3.08. The summed E-state index contributed by atoms with van der Waals surface area (Å²) in [5.41, 5.74) is 3.39. The van der Waals surface area contributed by atoms with Gasteiger partial charge in [0.25, 0.3) is 0 Å². The van der Waals surface area contributed by atoms with Crippen LogP contribution in [0.25, 0.3) is 0 Å². The Balaban J connectivity index is 1.19. The number of allylic oxidation sites excluding steroid dienone is 2. The van der Waals surface area contributed by atoms with E-state index in [9.17, 15) is 9.59 Å². The molecule has 5 heteroatoms. The number of carbonyl (C=O) groups excluding carboxylic acids is 2. The van der Waals surface area contributed by atoms with Gasteiger partial charge in [0.15, 0.2) is 0 Å². The van der Waals surface area contributed by atoms with Gasteiger partial charge in [-0.3, -0.25) is 4.79 Å². The molecule has 6 rings (SSSR count). The average molecular weight is 513 g/mol. The minimum Gasteiger partial charge on any atom is -0.446 e. The van der Waals surface area contributed by atoms with Crippen LogP contribution in [0.1, 0.15) is 76.0 Å². The highest BCUT2D eigenvalue weighted by Gasteiger charge is 2.60. The molecule has 0 spiro atoms. The number of alkyl carbamates (subject to hydrolysis) is 1. The molecule has 1 aliphatic heterocycles. The van der Waals surface area contributed by atoms with Gasteiger partial charge in [-0.1, -0.05) is 80.6 Å². The molecule has 1 heterocycles. The first-order chi connectivity index (χ1) is 18.3. The lowest BCUT2D eigenvalue weighted by Gasteiger charge is -2.58. The summed E-state index contributed by atoms with van der Waals surface area (Å²) >= 11 is 0. The molecular weight excluding hydrogens is 472 g/mol. The highest BCUT2D eigenvalue weighted by Crippen LogP contribution is 2.64. The number of nitrogens with one attached hydrogen (secondary N) is 1. The summed E-state index contributed by atoms with van der Waals surface area (Å²) in [5.74, 6) is 1.96. The molecule has 0 bridgehead atoms. The van der Waals surface area contributed by atoms with Gasteiger partial charge in [-0.2, -0.15) is 0 Å². The van der Waals surface area contributed by atoms with Gasteiger partial charge in [-0.25, -0.2) is 4.79 Å². The Bertz CT molecular complexity index is 1190. The van der Waals surface area contributed by atoms with Crippen molar-refractivity contribution in [2.75, 3.05) is 7.05 Å². The molecule has 0 radical (unpaired) electrons. The summed E-state index contributed by atoms with van der Waals surface area (Å²) in [7, 11) is 1.95. The average Bonchev–Trinajstić information content (AvgIpc) is 3.26. The number of amides is 2. The Morgan fingerprint density at radius 1 is 0.947 bits per heavy atom. The molecule has 2 aromatic carbocycles. The first-order valence-corrected chi connectivity index (χ1v) is 14.4. The highest BCUT2D eigenvalue weighted by atomic mass is 16.6. The van der Waals surface area contributed by atoms with Gasteiger partial charge in [0.2, 0.25) is 5.91 Å². The molecule has 200 valence electrons. The smallest absolute Gasteiger partial charge is 0.408 e. The van der Waals surface area contributed by atoms with E-state index in [2.05, 4.69) is 25.2 Å². The normalized spacial score (nSPS) is 34.2. The summed E-state index contributed by atoms with van der Waals surface area (Å²) in [6.45, 7) is 4.76. The van der Waals surface area contributed by atoms with E-state index in [4.69, 9.17) is 4.74 Å². The van der Waals surface area contributed by atoms with Gasteiger partial charge in [-0.15, -0.1) is 0 Å². The van der Waals surface area contributed by atoms with Crippen molar-refractivity contribution in [1.82, 2.24) is 10.2 Å². The van der Waals surface area contributed by atoms with E-state index in [1.807, 2.05) is 72.6 Å². The fraction of sp³-hybridized carbons (Fsp3) is 0.515. The van der Waals surface area contributed by atoms with Crippen LogP contribution >= 0.6 is 0 Å². The Kier molecular flexibility index (Phi) is 6.36. The van der Waals surface area contributed by atoms with Crippen molar-refractivity contribution in [1.29, 1.82) is 0 Å². The van der Waals surface area contributed by atoms with E-state index in [0.717, 1.165) is 49.7 Å². The van der Waals surface area contributed by atoms with Crippen LogP contribution in [0.2, 0.25) is 0 Å². The van der Waals surface area contributed by atoms with Crippen molar-refractivity contribution in [3.8, 4) is 0 Å². The lowest BCUT2D eigenvalue weighted by atomic mass is 9.49. The molecule has 4 aliphatic rings. The van der Waals surface area contributed by atoms with Crippen molar-refractivity contribution >= 4 is 12.0 Å². The Morgan fingerprint density at radius 3 is 2.26 bits per heavy atom. The standard InChI is InChI=1S/C33H40N2O3/c1-32-21-19-29(36)35(3)27(32)16-14-24-25-15-17-28(33(25,2)20-18-26(24)32)38-31(37)34-30(22-10-6-4-7-11-22)23-12-8-5-9-13-23/h4-13,16,24-26,28,30H,14-15,17-21H2,1-3H3,(H,34,37)/t24-,25-,26-,28-,32+,33-/m0/s1. The summed E-state index contributed by atoms with van der Waals surface area (Å²) < 4.78 is 6.28. The summed E-state index contributed by atoms with van der Waals surface area (Å²) in [6.07, 6.45) is 8.79. The molecule has 5 nitrogen and oxygen atoms in total. The molecule has 0 unspecified atom stereocenters. The van der Waals surface area contributed by atoms with Gasteiger partial charge in [0, 0.05) is 30.0 Å². The van der Waals surface area contributed by atoms with Crippen LogP contribution in [0.3, 0.4) is 0 Å². The topological polar surface area (TPSA) is 58.6 Å². The number of ether oxygens (including phenoxy) is 1. The monoisotopic (exact) mass is 512 g/mol. The number of hydrogen-bond acceptors (Lipinski definition) is 3. The number of likely N-dealkylation sites (tertiary alicyclic amines) is 1. The van der Waals surface area contributed by atoms with Gasteiger partial charge in [-0.05, 0) is 67.4 Å². The van der Waals surface area contributed by atoms with Gasteiger partial charge < -0.3 is 15.0 Å². The fourth-order valence-corrected chi connectivity index (χ4v) is 8.66. The number of rotatable bonds is 4.